The molecule has 5 heteroatoms. The lowest BCUT2D eigenvalue weighted by molar-refractivity contribution is -0.146. The predicted molar refractivity (Wildman–Crippen MR) is 70.9 cm³/mol. The Morgan fingerprint density at radius 3 is 1.83 bits per heavy atom. The normalized spacial score (nSPS) is 12.7. The number of rotatable bonds is 6. The van der Waals surface area contributed by atoms with Gasteiger partial charge < -0.3 is 15.3 Å². The van der Waals surface area contributed by atoms with Crippen molar-refractivity contribution in [3.63, 3.8) is 0 Å². The summed E-state index contributed by atoms with van der Waals surface area (Å²) in [5, 5.41) is 11.5. The second-order valence-electron chi connectivity index (χ2n) is 5.56. The zero-order chi connectivity index (χ0) is 14.3. The topological polar surface area (TPSA) is 69.6 Å². The maximum absolute atomic E-state index is 12.0. The molecule has 0 heterocycles. The SMILES string of the molecule is CC(C)CN(CC(C)C)C(=O)C(=O)NCC(C)O. The molecule has 0 fully saturated rings. The highest BCUT2D eigenvalue weighted by Gasteiger charge is 2.23. The van der Waals surface area contributed by atoms with Crippen LogP contribution in [0.2, 0.25) is 0 Å². The molecule has 0 aliphatic heterocycles. The predicted octanol–water partition coefficient (Wildman–Crippen LogP) is 0.624. The zero-order valence-electron chi connectivity index (χ0n) is 12.1. The van der Waals surface area contributed by atoms with Crippen LogP contribution in [0.3, 0.4) is 0 Å². The Kier molecular flexibility index (Phi) is 7.59. The summed E-state index contributed by atoms with van der Waals surface area (Å²) in [6, 6.07) is 0. The average Bonchev–Trinajstić information content (AvgIpc) is 2.22. The van der Waals surface area contributed by atoms with E-state index in [1.165, 1.54) is 0 Å². The molecule has 0 saturated heterocycles. The van der Waals surface area contributed by atoms with Crippen molar-refractivity contribution in [2.45, 2.75) is 40.7 Å². The van der Waals surface area contributed by atoms with Crippen LogP contribution in [0.15, 0.2) is 0 Å². The standard InChI is InChI=1S/C13H26N2O3/c1-9(2)7-15(8-10(3)4)13(18)12(17)14-6-11(5)16/h9-11,16H,6-8H2,1-5H3,(H,14,17). The van der Waals surface area contributed by atoms with E-state index in [9.17, 15) is 9.59 Å². The van der Waals surface area contributed by atoms with Gasteiger partial charge in [-0.2, -0.15) is 0 Å². The van der Waals surface area contributed by atoms with E-state index in [1.54, 1.807) is 11.8 Å². The lowest BCUT2D eigenvalue weighted by Gasteiger charge is -2.25. The van der Waals surface area contributed by atoms with Crippen LogP contribution in [-0.4, -0.2) is 47.6 Å². The minimum atomic E-state index is -0.648. The van der Waals surface area contributed by atoms with Crippen LogP contribution in [-0.2, 0) is 9.59 Å². The number of carbonyl (C=O) groups is 2. The maximum atomic E-state index is 12.0. The Labute approximate surface area is 110 Å². The van der Waals surface area contributed by atoms with Crippen molar-refractivity contribution in [1.29, 1.82) is 0 Å². The largest absolute Gasteiger partial charge is 0.392 e. The van der Waals surface area contributed by atoms with Crippen LogP contribution < -0.4 is 5.32 Å². The number of aliphatic hydroxyl groups excluding tert-OH is 1. The van der Waals surface area contributed by atoms with Crippen molar-refractivity contribution in [3.05, 3.63) is 0 Å². The third-order valence-corrected chi connectivity index (χ3v) is 2.21. The van der Waals surface area contributed by atoms with E-state index < -0.39 is 17.9 Å². The van der Waals surface area contributed by atoms with Crippen molar-refractivity contribution in [2.75, 3.05) is 19.6 Å². The number of hydrogen-bond donors (Lipinski definition) is 2. The Morgan fingerprint density at radius 2 is 1.50 bits per heavy atom. The molecule has 106 valence electrons. The zero-order valence-corrected chi connectivity index (χ0v) is 12.1. The fraction of sp³-hybridized carbons (Fsp3) is 0.846. The molecule has 0 aliphatic rings. The van der Waals surface area contributed by atoms with Crippen LogP contribution in [0.1, 0.15) is 34.6 Å². The van der Waals surface area contributed by atoms with E-state index in [0.717, 1.165) is 0 Å². The Morgan fingerprint density at radius 1 is 1.06 bits per heavy atom. The van der Waals surface area contributed by atoms with E-state index in [0.29, 0.717) is 24.9 Å². The number of carbonyl (C=O) groups excluding carboxylic acids is 2. The number of aliphatic hydroxyl groups is 1. The summed E-state index contributed by atoms with van der Waals surface area (Å²) >= 11 is 0. The molecule has 0 saturated carbocycles. The molecule has 0 rings (SSSR count). The first-order valence-electron chi connectivity index (χ1n) is 6.49. The molecule has 0 bridgehead atoms. The highest BCUT2D eigenvalue weighted by Crippen LogP contribution is 2.04. The van der Waals surface area contributed by atoms with Gasteiger partial charge >= 0.3 is 11.8 Å². The van der Waals surface area contributed by atoms with Crippen LogP contribution in [0, 0.1) is 11.8 Å². The molecule has 0 aromatic carbocycles. The van der Waals surface area contributed by atoms with Gasteiger partial charge in [0.2, 0.25) is 0 Å². The molecule has 2 N–H and O–H groups in total. The molecule has 1 atom stereocenters. The van der Waals surface area contributed by atoms with Gasteiger partial charge in [-0.25, -0.2) is 0 Å². The van der Waals surface area contributed by atoms with E-state index in [-0.39, 0.29) is 6.54 Å². The van der Waals surface area contributed by atoms with Gasteiger partial charge in [-0.3, -0.25) is 9.59 Å². The lowest BCUT2D eigenvalue weighted by atomic mass is 10.1. The fourth-order valence-corrected chi connectivity index (χ4v) is 1.58. The van der Waals surface area contributed by atoms with Crippen molar-refractivity contribution < 1.29 is 14.7 Å². The Balaban J connectivity index is 4.48. The third kappa shape index (κ3) is 7.27. The quantitative estimate of drug-likeness (QED) is 0.686. The average molecular weight is 258 g/mol. The third-order valence-electron chi connectivity index (χ3n) is 2.21. The van der Waals surface area contributed by atoms with Crippen LogP contribution in [0.5, 0.6) is 0 Å². The van der Waals surface area contributed by atoms with Crippen LogP contribution in [0.4, 0.5) is 0 Å². The maximum Gasteiger partial charge on any atom is 0.311 e. The highest BCUT2D eigenvalue weighted by atomic mass is 16.3. The second-order valence-corrected chi connectivity index (χ2v) is 5.56. The smallest absolute Gasteiger partial charge is 0.311 e. The number of nitrogens with one attached hydrogen (secondary N) is 1. The molecule has 5 nitrogen and oxygen atoms in total. The second kappa shape index (κ2) is 8.08. The lowest BCUT2D eigenvalue weighted by Crippen LogP contribution is -2.47. The van der Waals surface area contributed by atoms with Gasteiger partial charge in [0.15, 0.2) is 0 Å². The number of hydrogen-bond acceptors (Lipinski definition) is 3. The van der Waals surface area contributed by atoms with E-state index in [2.05, 4.69) is 5.32 Å². The van der Waals surface area contributed by atoms with Gasteiger partial charge in [0, 0.05) is 19.6 Å². The van der Waals surface area contributed by atoms with E-state index in [4.69, 9.17) is 5.11 Å². The summed E-state index contributed by atoms with van der Waals surface area (Å²) in [7, 11) is 0. The van der Waals surface area contributed by atoms with Gasteiger partial charge in [-0.15, -0.1) is 0 Å². The fourth-order valence-electron chi connectivity index (χ4n) is 1.58. The van der Waals surface area contributed by atoms with Crippen LogP contribution in [0.25, 0.3) is 0 Å². The first-order chi connectivity index (χ1) is 8.23. The van der Waals surface area contributed by atoms with Gasteiger partial charge in [0.05, 0.1) is 6.10 Å². The molecular weight excluding hydrogens is 232 g/mol. The molecule has 0 radical (unpaired) electrons. The minimum absolute atomic E-state index is 0.0990. The van der Waals surface area contributed by atoms with Crippen molar-refractivity contribution in [1.82, 2.24) is 10.2 Å². The summed E-state index contributed by atoms with van der Waals surface area (Å²) in [4.78, 5) is 25.2. The molecule has 0 aromatic heterocycles. The molecule has 0 spiro atoms. The molecule has 2 amide bonds. The first-order valence-corrected chi connectivity index (χ1v) is 6.49. The summed E-state index contributed by atoms with van der Waals surface area (Å²) < 4.78 is 0. The molecule has 1 unspecified atom stereocenters. The summed E-state index contributed by atoms with van der Waals surface area (Å²) in [6.07, 6.45) is -0.648. The Hall–Kier alpha value is -1.10. The van der Waals surface area contributed by atoms with E-state index in [1.807, 2.05) is 27.7 Å². The first kappa shape index (κ1) is 16.9. The summed E-state index contributed by atoms with van der Waals surface area (Å²) in [5.74, 6) is -0.523. The monoisotopic (exact) mass is 258 g/mol. The van der Waals surface area contributed by atoms with Gasteiger partial charge in [-0.1, -0.05) is 27.7 Å². The minimum Gasteiger partial charge on any atom is -0.392 e. The van der Waals surface area contributed by atoms with E-state index >= 15 is 0 Å². The molecule has 0 aromatic rings. The summed E-state index contributed by atoms with van der Waals surface area (Å²) in [5.41, 5.74) is 0. The van der Waals surface area contributed by atoms with Gasteiger partial charge in [0.1, 0.15) is 0 Å². The molecule has 0 aliphatic carbocycles. The Bertz CT molecular complexity index is 265. The number of nitrogens with zero attached hydrogens (tertiary/aromatic N) is 1. The van der Waals surface area contributed by atoms with Crippen molar-refractivity contribution >= 4 is 11.8 Å². The molecular formula is C13H26N2O3. The summed E-state index contributed by atoms with van der Waals surface area (Å²) in [6.45, 7) is 10.8. The van der Waals surface area contributed by atoms with Crippen molar-refractivity contribution in [3.8, 4) is 0 Å². The van der Waals surface area contributed by atoms with Gasteiger partial charge in [-0.05, 0) is 18.8 Å². The van der Waals surface area contributed by atoms with Crippen molar-refractivity contribution in [2.24, 2.45) is 11.8 Å². The van der Waals surface area contributed by atoms with Crippen LogP contribution >= 0.6 is 0 Å². The molecule has 18 heavy (non-hydrogen) atoms. The number of amides is 2. The van der Waals surface area contributed by atoms with Gasteiger partial charge in [0.25, 0.3) is 0 Å². The highest BCUT2D eigenvalue weighted by molar-refractivity contribution is 6.35.